The molecule has 0 aliphatic heterocycles. The Morgan fingerprint density at radius 1 is 1.12 bits per heavy atom. The van der Waals surface area contributed by atoms with E-state index >= 15 is 0 Å². The minimum absolute atomic E-state index is 0.304. The van der Waals surface area contributed by atoms with Crippen LogP contribution in [-0.2, 0) is 10.5 Å². The van der Waals surface area contributed by atoms with Crippen molar-refractivity contribution < 1.29 is 32.5 Å². The summed E-state index contributed by atoms with van der Waals surface area (Å²) in [5, 5.41) is 9.96. The van der Waals surface area contributed by atoms with Gasteiger partial charge in [0.25, 0.3) is 0 Å². The van der Waals surface area contributed by atoms with Gasteiger partial charge in [0.2, 0.25) is 0 Å². The van der Waals surface area contributed by atoms with Gasteiger partial charge in [-0.05, 0) is 80.3 Å². The lowest BCUT2D eigenvalue weighted by Gasteiger charge is -2.22. The lowest BCUT2D eigenvalue weighted by molar-refractivity contribution is -0.274. The summed E-state index contributed by atoms with van der Waals surface area (Å²) in [7, 11) is 0. The van der Waals surface area contributed by atoms with Crippen LogP contribution in [-0.4, -0.2) is 32.4 Å². The van der Waals surface area contributed by atoms with Crippen LogP contribution < -0.4 is 9.47 Å². The van der Waals surface area contributed by atoms with Crippen molar-refractivity contribution in [2.45, 2.75) is 43.4 Å². The lowest BCUT2D eigenvalue weighted by atomic mass is 10.1. The fraction of sp³-hybridized carbons (Fsp3) is 0.286. The average Bonchev–Trinajstić information content (AvgIpc) is 3.16. The number of carboxylic acid groups (broad SMARTS) is 1. The van der Waals surface area contributed by atoms with Crippen molar-refractivity contribution >= 4 is 29.3 Å². The number of aliphatic carboxylic acids is 1. The number of nitrogens with zero attached hydrogens (tertiary/aromatic N) is 2. The van der Waals surface area contributed by atoms with E-state index in [4.69, 9.17) is 4.74 Å². The van der Waals surface area contributed by atoms with Gasteiger partial charge >= 0.3 is 12.3 Å². The fourth-order valence-corrected chi connectivity index (χ4v) is 4.16. The number of alkyl halides is 3. The second kappa shape index (κ2) is 9.37. The van der Waals surface area contributed by atoms with Crippen LogP contribution in [0.25, 0.3) is 11.4 Å². The van der Waals surface area contributed by atoms with Crippen molar-refractivity contribution in [3.8, 4) is 22.9 Å². The first-order chi connectivity index (χ1) is 14.9. The molecular weight excluding hydrogens is 465 g/mol. The van der Waals surface area contributed by atoms with E-state index in [1.807, 2.05) is 19.1 Å². The summed E-state index contributed by atoms with van der Waals surface area (Å²) in [5.41, 5.74) is 0.0632. The maximum absolute atomic E-state index is 12.3. The van der Waals surface area contributed by atoms with Crippen LogP contribution in [0, 0.1) is 6.92 Å². The number of rotatable bonds is 8. The van der Waals surface area contributed by atoms with Gasteiger partial charge in [0.05, 0.1) is 5.75 Å². The van der Waals surface area contributed by atoms with Crippen molar-refractivity contribution in [2.24, 2.45) is 0 Å². The van der Waals surface area contributed by atoms with E-state index in [1.54, 1.807) is 6.07 Å². The summed E-state index contributed by atoms with van der Waals surface area (Å²) in [6.45, 7) is 4.81. The molecule has 2 aromatic carbocycles. The number of halogens is 3. The highest BCUT2D eigenvalue weighted by atomic mass is 32.2. The van der Waals surface area contributed by atoms with Crippen LogP contribution in [0.2, 0.25) is 0 Å². The van der Waals surface area contributed by atoms with E-state index in [-0.39, 0.29) is 5.75 Å². The molecule has 32 heavy (non-hydrogen) atoms. The summed E-state index contributed by atoms with van der Waals surface area (Å²) < 4.78 is 50.5. The zero-order chi connectivity index (χ0) is 23.5. The molecule has 0 fully saturated rings. The minimum Gasteiger partial charge on any atom is -0.478 e. The first-order valence-electron chi connectivity index (χ1n) is 9.27. The molecule has 1 aromatic heterocycles. The number of aromatic nitrogens is 2. The maximum Gasteiger partial charge on any atom is 0.573 e. The van der Waals surface area contributed by atoms with Gasteiger partial charge in [0.1, 0.15) is 16.5 Å². The van der Waals surface area contributed by atoms with Gasteiger partial charge in [-0.3, -0.25) is 0 Å². The van der Waals surface area contributed by atoms with Crippen LogP contribution in [0.5, 0.6) is 11.5 Å². The molecule has 0 spiro atoms. The third-order valence-corrected chi connectivity index (χ3v) is 6.10. The van der Waals surface area contributed by atoms with Gasteiger partial charge in [0.15, 0.2) is 11.4 Å². The number of hydrogen-bond acceptors (Lipinski definition) is 7. The van der Waals surface area contributed by atoms with Crippen molar-refractivity contribution in [1.29, 1.82) is 0 Å². The Morgan fingerprint density at radius 2 is 1.81 bits per heavy atom. The molecule has 0 saturated heterocycles. The molecule has 11 heteroatoms. The van der Waals surface area contributed by atoms with Crippen LogP contribution in [0.15, 0.2) is 47.4 Å². The largest absolute Gasteiger partial charge is 0.573 e. The zero-order valence-corrected chi connectivity index (χ0v) is 18.9. The number of hydrogen-bond donors (Lipinski definition) is 1. The highest BCUT2D eigenvalue weighted by Crippen LogP contribution is 2.31. The summed E-state index contributed by atoms with van der Waals surface area (Å²) in [4.78, 5) is 16.6. The summed E-state index contributed by atoms with van der Waals surface area (Å²) in [6, 6.07) is 10.9. The molecule has 0 atom stereocenters. The molecule has 0 saturated carbocycles. The quantitative estimate of drug-likeness (QED) is 0.396. The Morgan fingerprint density at radius 3 is 2.41 bits per heavy atom. The van der Waals surface area contributed by atoms with Crippen molar-refractivity contribution in [3.63, 3.8) is 0 Å². The maximum atomic E-state index is 12.3. The van der Waals surface area contributed by atoms with Gasteiger partial charge < -0.3 is 14.6 Å². The molecule has 0 aliphatic carbocycles. The molecule has 0 radical (unpaired) electrons. The molecule has 0 unspecified atom stereocenters. The number of thioether (sulfide) groups is 1. The summed E-state index contributed by atoms with van der Waals surface area (Å²) in [6.07, 6.45) is -4.74. The van der Waals surface area contributed by atoms with Crippen LogP contribution in [0.1, 0.15) is 24.4 Å². The van der Waals surface area contributed by atoms with Crippen molar-refractivity contribution in [1.82, 2.24) is 9.36 Å². The molecule has 3 rings (SSSR count). The van der Waals surface area contributed by atoms with Gasteiger partial charge in [-0.25, -0.2) is 9.78 Å². The second-order valence-electron chi connectivity index (χ2n) is 7.22. The Kier molecular flexibility index (Phi) is 6.99. The monoisotopic (exact) mass is 484 g/mol. The summed E-state index contributed by atoms with van der Waals surface area (Å²) in [5.74, 6) is 0.123. The SMILES string of the molecule is Cc1cc(SCc2nc(-c3ccc(OC(F)(F)F)cc3)ns2)ccc1OC(C)(C)C(=O)O. The smallest absolute Gasteiger partial charge is 0.478 e. The van der Waals surface area contributed by atoms with Crippen LogP contribution in [0.3, 0.4) is 0 Å². The van der Waals surface area contributed by atoms with E-state index in [9.17, 15) is 23.1 Å². The number of carbonyl (C=O) groups is 1. The highest BCUT2D eigenvalue weighted by molar-refractivity contribution is 7.98. The molecule has 0 aliphatic rings. The first kappa shape index (κ1) is 23.9. The second-order valence-corrected chi connectivity index (χ2v) is 9.10. The van der Waals surface area contributed by atoms with Crippen molar-refractivity contribution in [3.05, 3.63) is 53.0 Å². The Bertz CT molecular complexity index is 1100. The van der Waals surface area contributed by atoms with Crippen LogP contribution >= 0.6 is 23.3 Å². The molecule has 0 amide bonds. The number of benzene rings is 2. The third kappa shape index (κ3) is 6.36. The minimum atomic E-state index is -4.74. The predicted molar refractivity (Wildman–Crippen MR) is 115 cm³/mol. The topological polar surface area (TPSA) is 81.5 Å². The van der Waals surface area contributed by atoms with Crippen molar-refractivity contribution in [2.75, 3.05) is 0 Å². The Hall–Kier alpha value is -2.79. The lowest BCUT2D eigenvalue weighted by Crippen LogP contribution is -2.38. The van der Waals surface area contributed by atoms with E-state index in [0.717, 1.165) is 15.5 Å². The molecule has 6 nitrogen and oxygen atoms in total. The van der Waals surface area contributed by atoms with E-state index < -0.39 is 17.9 Å². The van der Waals surface area contributed by atoms with Gasteiger partial charge in [-0.15, -0.1) is 24.9 Å². The van der Waals surface area contributed by atoms with E-state index in [2.05, 4.69) is 14.1 Å². The molecule has 1 heterocycles. The average molecular weight is 485 g/mol. The molecule has 3 aromatic rings. The molecular formula is C21H19F3N2O4S2. The van der Waals surface area contributed by atoms with E-state index in [0.29, 0.717) is 22.9 Å². The molecule has 0 bridgehead atoms. The summed E-state index contributed by atoms with van der Waals surface area (Å²) >= 11 is 2.74. The normalized spacial score (nSPS) is 11.9. The molecule has 1 N–H and O–H groups in total. The first-order valence-corrected chi connectivity index (χ1v) is 11.0. The zero-order valence-electron chi connectivity index (χ0n) is 17.3. The highest BCUT2D eigenvalue weighted by Gasteiger charge is 2.31. The Balaban J connectivity index is 1.62. The van der Waals surface area contributed by atoms with Gasteiger partial charge in [-0.2, -0.15) is 4.37 Å². The predicted octanol–water partition coefficient (Wildman–Crippen LogP) is 5.95. The Labute approximate surface area is 190 Å². The number of aryl methyl sites for hydroxylation is 1. The fourth-order valence-electron chi connectivity index (χ4n) is 2.53. The standard InChI is InChI=1S/C21H19F3N2O4S2/c1-12-10-15(8-9-16(12)30-20(2,3)19(27)28)31-11-17-25-18(26-32-17)13-4-6-14(7-5-13)29-21(22,23)24/h4-10H,11H2,1-3H3,(H,27,28). The third-order valence-electron chi connectivity index (χ3n) is 4.20. The van der Waals surface area contributed by atoms with Crippen LogP contribution in [0.4, 0.5) is 13.2 Å². The number of carboxylic acids is 1. The molecule has 170 valence electrons. The van der Waals surface area contributed by atoms with Gasteiger partial charge in [0, 0.05) is 10.5 Å². The number of ether oxygens (including phenoxy) is 2. The van der Waals surface area contributed by atoms with E-state index in [1.165, 1.54) is 61.4 Å². The van der Waals surface area contributed by atoms with Gasteiger partial charge in [-0.1, -0.05) is 0 Å².